The molecule has 1 aromatic carbocycles. The van der Waals surface area contributed by atoms with Gasteiger partial charge in [0.05, 0.1) is 0 Å². The molecule has 72 valence electrons. The van der Waals surface area contributed by atoms with Gasteiger partial charge in [0.2, 0.25) is 0 Å². The Morgan fingerprint density at radius 1 is 1.36 bits per heavy atom. The van der Waals surface area contributed by atoms with E-state index in [1.54, 1.807) is 7.05 Å². The first-order valence-electron chi connectivity index (χ1n) is 4.28. The molecule has 0 spiro atoms. The van der Waals surface area contributed by atoms with E-state index in [4.69, 9.17) is 5.41 Å². The van der Waals surface area contributed by atoms with E-state index >= 15 is 0 Å². The minimum absolute atomic E-state index is 0.0484. The van der Waals surface area contributed by atoms with Gasteiger partial charge in [0, 0.05) is 0 Å². The SMILES string of the molecule is CN1C(=N)[Se]C(c2ccccc2)C1=O. The third kappa shape index (κ3) is 1.47. The number of amidine groups is 1. The number of hydrogen-bond acceptors (Lipinski definition) is 2. The Morgan fingerprint density at radius 3 is 2.50 bits per heavy atom. The van der Waals surface area contributed by atoms with Gasteiger partial charge in [0.15, 0.2) is 0 Å². The summed E-state index contributed by atoms with van der Waals surface area (Å²) in [5.74, 6) is 0.0567. The molecule has 0 aromatic heterocycles. The van der Waals surface area contributed by atoms with Crippen molar-refractivity contribution in [1.29, 1.82) is 5.41 Å². The van der Waals surface area contributed by atoms with Gasteiger partial charge in [0.25, 0.3) is 0 Å². The summed E-state index contributed by atoms with van der Waals surface area (Å²) in [6, 6.07) is 9.71. The number of hydrogen-bond donors (Lipinski definition) is 1. The standard InChI is InChI=1S/C10H10N2OSe/c1-12-9(13)8(14-10(12)11)7-5-3-2-4-6-7/h2-6,8,11H,1H3. The number of benzene rings is 1. The summed E-state index contributed by atoms with van der Waals surface area (Å²) in [6.07, 6.45) is 0. The maximum atomic E-state index is 11.7. The summed E-state index contributed by atoms with van der Waals surface area (Å²) < 4.78 is 0.469. The van der Waals surface area contributed by atoms with Crippen molar-refractivity contribution in [2.24, 2.45) is 0 Å². The average Bonchev–Trinajstić information content (AvgIpc) is 2.47. The fraction of sp³-hybridized carbons (Fsp3) is 0.200. The third-order valence-corrected chi connectivity index (χ3v) is 4.72. The van der Waals surface area contributed by atoms with Gasteiger partial charge in [-0.3, -0.25) is 0 Å². The van der Waals surface area contributed by atoms with Crippen molar-refractivity contribution < 1.29 is 4.79 Å². The second-order valence-corrected chi connectivity index (χ2v) is 5.41. The van der Waals surface area contributed by atoms with Gasteiger partial charge in [-0.05, 0) is 0 Å². The summed E-state index contributed by atoms with van der Waals surface area (Å²) in [7, 11) is 1.68. The second-order valence-electron chi connectivity index (χ2n) is 3.11. The van der Waals surface area contributed by atoms with Crippen molar-refractivity contribution in [2.45, 2.75) is 4.82 Å². The Kier molecular flexibility index (Phi) is 2.40. The van der Waals surface area contributed by atoms with E-state index in [9.17, 15) is 4.79 Å². The van der Waals surface area contributed by atoms with Crippen LogP contribution in [0.25, 0.3) is 0 Å². The monoisotopic (exact) mass is 254 g/mol. The molecule has 14 heavy (non-hydrogen) atoms. The van der Waals surface area contributed by atoms with Crippen molar-refractivity contribution in [3.05, 3.63) is 35.9 Å². The molecular weight excluding hydrogens is 243 g/mol. The molecule has 1 aromatic rings. The Balaban J connectivity index is 2.30. The van der Waals surface area contributed by atoms with E-state index in [0.29, 0.717) is 4.73 Å². The molecule has 0 aliphatic carbocycles. The van der Waals surface area contributed by atoms with Crippen molar-refractivity contribution in [3.63, 3.8) is 0 Å². The number of likely N-dealkylation sites (N-methyl/N-ethyl adjacent to an activating group) is 1. The maximum absolute atomic E-state index is 11.7. The first-order valence-corrected chi connectivity index (χ1v) is 6.12. The molecular formula is C10H10N2OSe. The van der Waals surface area contributed by atoms with Crippen LogP contribution < -0.4 is 0 Å². The van der Waals surface area contributed by atoms with Crippen LogP contribution >= 0.6 is 0 Å². The fourth-order valence-corrected chi connectivity index (χ4v) is 3.50. The van der Waals surface area contributed by atoms with Crippen LogP contribution in [0.3, 0.4) is 0 Å². The van der Waals surface area contributed by atoms with Crippen LogP contribution in [0.1, 0.15) is 10.4 Å². The second kappa shape index (κ2) is 3.56. The zero-order valence-electron chi connectivity index (χ0n) is 7.73. The molecule has 1 unspecified atom stereocenters. The number of nitrogens with one attached hydrogen (secondary N) is 1. The Bertz CT molecular complexity index is 377. The molecule has 1 N–H and O–H groups in total. The molecule has 1 aliphatic heterocycles. The van der Waals surface area contributed by atoms with Crippen LogP contribution in [-0.2, 0) is 4.79 Å². The van der Waals surface area contributed by atoms with Crippen LogP contribution in [-0.4, -0.2) is 37.5 Å². The molecule has 1 amide bonds. The summed E-state index contributed by atoms with van der Waals surface area (Å²) in [5, 5.41) is 7.60. The first-order chi connectivity index (χ1) is 6.70. The molecule has 3 nitrogen and oxygen atoms in total. The quantitative estimate of drug-likeness (QED) is 0.740. The number of carbonyl (C=O) groups excluding carboxylic acids is 1. The molecule has 4 heteroatoms. The van der Waals surface area contributed by atoms with Crippen molar-refractivity contribution in [3.8, 4) is 0 Å². The van der Waals surface area contributed by atoms with Gasteiger partial charge in [-0.2, -0.15) is 0 Å². The fourth-order valence-electron chi connectivity index (χ4n) is 1.36. The first kappa shape index (κ1) is 9.44. The van der Waals surface area contributed by atoms with Gasteiger partial charge < -0.3 is 0 Å². The van der Waals surface area contributed by atoms with E-state index in [2.05, 4.69) is 0 Å². The molecule has 1 heterocycles. The van der Waals surface area contributed by atoms with Crippen LogP contribution in [0, 0.1) is 5.41 Å². The van der Waals surface area contributed by atoms with Gasteiger partial charge in [-0.25, -0.2) is 0 Å². The zero-order chi connectivity index (χ0) is 10.1. The van der Waals surface area contributed by atoms with Crippen molar-refractivity contribution in [2.75, 3.05) is 7.05 Å². The topological polar surface area (TPSA) is 44.2 Å². The van der Waals surface area contributed by atoms with Gasteiger partial charge >= 0.3 is 88.5 Å². The van der Waals surface area contributed by atoms with Crippen LogP contribution in [0.4, 0.5) is 0 Å². The predicted molar refractivity (Wildman–Crippen MR) is 55.4 cm³/mol. The molecule has 0 saturated carbocycles. The number of rotatable bonds is 1. The average molecular weight is 253 g/mol. The Labute approximate surface area is 88.8 Å². The van der Waals surface area contributed by atoms with E-state index in [-0.39, 0.29) is 25.7 Å². The molecule has 1 saturated heterocycles. The van der Waals surface area contributed by atoms with Gasteiger partial charge in [-0.1, -0.05) is 0 Å². The predicted octanol–water partition coefficient (Wildman–Crippen LogP) is 0.839. The van der Waals surface area contributed by atoms with E-state index < -0.39 is 0 Å². The van der Waals surface area contributed by atoms with Crippen molar-refractivity contribution in [1.82, 2.24) is 4.90 Å². The minimum atomic E-state index is -0.0822. The number of nitrogens with zero attached hydrogens (tertiary/aromatic N) is 1. The van der Waals surface area contributed by atoms with Crippen molar-refractivity contribution >= 4 is 25.6 Å². The zero-order valence-corrected chi connectivity index (χ0v) is 9.44. The summed E-state index contributed by atoms with van der Waals surface area (Å²) in [4.78, 5) is 13.1. The molecule has 0 bridgehead atoms. The molecule has 1 fully saturated rings. The van der Waals surface area contributed by atoms with Crippen LogP contribution in [0.2, 0.25) is 0 Å². The Morgan fingerprint density at radius 2 is 2.00 bits per heavy atom. The van der Waals surface area contributed by atoms with Gasteiger partial charge in [-0.15, -0.1) is 0 Å². The summed E-state index contributed by atoms with van der Waals surface area (Å²) >= 11 is -0.0484. The third-order valence-electron chi connectivity index (χ3n) is 2.19. The normalized spacial score (nSPS) is 21.8. The van der Waals surface area contributed by atoms with E-state index in [1.807, 2.05) is 30.3 Å². The van der Waals surface area contributed by atoms with E-state index in [1.165, 1.54) is 4.90 Å². The van der Waals surface area contributed by atoms with Crippen LogP contribution in [0.15, 0.2) is 30.3 Å². The summed E-state index contributed by atoms with van der Waals surface area (Å²) in [6.45, 7) is 0. The molecule has 0 radical (unpaired) electrons. The molecule has 1 aliphatic rings. The molecule has 1 atom stereocenters. The number of amides is 1. The van der Waals surface area contributed by atoms with E-state index in [0.717, 1.165) is 5.56 Å². The molecule has 2 rings (SSSR count). The Hall–Kier alpha value is -1.12. The number of carbonyl (C=O) groups is 1. The van der Waals surface area contributed by atoms with Gasteiger partial charge in [0.1, 0.15) is 0 Å². The summed E-state index contributed by atoms with van der Waals surface area (Å²) in [5.41, 5.74) is 1.03. The van der Waals surface area contributed by atoms with Crippen LogP contribution in [0.5, 0.6) is 0 Å².